The minimum Gasteiger partial charge on any atom is -0.457 e. The zero-order chi connectivity index (χ0) is 32.3. The van der Waals surface area contributed by atoms with Crippen LogP contribution >= 0.6 is 0 Å². The Hall–Kier alpha value is -4.70. The highest BCUT2D eigenvalue weighted by molar-refractivity contribution is 5.99. The molecule has 45 heavy (non-hydrogen) atoms. The number of nitrogens with one attached hydrogen (secondary N) is 3. The lowest BCUT2D eigenvalue weighted by atomic mass is 9.99. The van der Waals surface area contributed by atoms with E-state index in [1.165, 1.54) is 4.90 Å². The Kier molecular flexibility index (Phi) is 11.7. The molecule has 0 radical (unpaired) electrons. The number of benzene rings is 3. The predicted molar refractivity (Wildman–Crippen MR) is 171 cm³/mol. The largest absolute Gasteiger partial charge is 0.457 e. The summed E-state index contributed by atoms with van der Waals surface area (Å²) in [6.07, 6.45) is 1.13. The van der Waals surface area contributed by atoms with Crippen LogP contribution in [0.1, 0.15) is 48.2 Å². The molecule has 5 rings (SSSR count). The first-order valence-corrected chi connectivity index (χ1v) is 15.3. The first kappa shape index (κ1) is 33.2. The Morgan fingerprint density at radius 2 is 1.60 bits per heavy atom. The topological polar surface area (TPSA) is 137 Å². The third kappa shape index (κ3) is 9.64. The van der Waals surface area contributed by atoms with Crippen molar-refractivity contribution in [3.63, 3.8) is 0 Å². The van der Waals surface area contributed by atoms with Gasteiger partial charge in [-0.25, -0.2) is 0 Å². The van der Waals surface area contributed by atoms with Crippen LogP contribution in [-0.2, 0) is 27.2 Å². The SMILES string of the molecule is CC(C)C[C@@H]1NC(=O)[C@@H](Cc2ccccc2)NC(=O)c2cccc(c2)Oc2ccc(cc2)C[C@@H](C(=O)N(C)CCCO)NC1=O. The third-order valence-corrected chi connectivity index (χ3v) is 7.58. The second-order valence-corrected chi connectivity index (χ2v) is 11.8. The Balaban J connectivity index is 1.72. The van der Waals surface area contributed by atoms with Gasteiger partial charge in [0.15, 0.2) is 0 Å². The molecule has 3 atom stereocenters. The molecular formula is C35H42N4O6. The number of carbonyl (C=O) groups excluding carboxylic acids is 4. The minimum atomic E-state index is -0.986. The smallest absolute Gasteiger partial charge is 0.252 e. The summed E-state index contributed by atoms with van der Waals surface area (Å²) in [5.41, 5.74) is 1.94. The first-order chi connectivity index (χ1) is 21.6. The summed E-state index contributed by atoms with van der Waals surface area (Å²) in [4.78, 5) is 56.1. The molecule has 238 valence electrons. The average molecular weight is 615 g/mol. The molecular weight excluding hydrogens is 572 g/mol. The van der Waals surface area contributed by atoms with E-state index in [9.17, 15) is 24.3 Å². The number of aliphatic hydroxyl groups is 1. The first-order valence-electron chi connectivity index (χ1n) is 15.3. The molecule has 2 aliphatic heterocycles. The maximum Gasteiger partial charge on any atom is 0.252 e. The summed E-state index contributed by atoms with van der Waals surface area (Å²) in [6.45, 7) is 4.13. The van der Waals surface area contributed by atoms with Gasteiger partial charge in [0, 0.05) is 38.6 Å². The van der Waals surface area contributed by atoms with E-state index in [2.05, 4.69) is 16.0 Å². The molecule has 2 aliphatic rings. The van der Waals surface area contributed by atoms with Crippen LogP contribution < -0.4 is 20.7 Å². The van der Waals surface area contributed by atoms with Gasteiger partial charge in [0.2, 0.25) is 17.7 Å². The minimum absolute atomic E-state index is 0.0396. The number of nitrogens with zero attached hydrogens (tertiary/aromatic N) is 1. The van der Waals surface area contributed by atoms with E-state index in [-0.39, 0.29) is 31.3 Å². The van der Waals surface area contributed by atoms with Crippen molar-refractivity contribution >= 4 is 23.6 Å². The van der Waals surface area contributed by atoms with Crippen LogP contribution in [0.5, 0.6) is 11.5 Å². The molecule has 10 nitrogen and oxygen atoms in total. The molecule has 3 aromatic rings. The van der Waals surface area contributed by atoms with Crippen molar-refractivity contribution < 1.29 is 29.0 Å². The van der Waals surface area contributed by atoms with E-state index in [0.717, 1.165) is 11.1 Å². The predicted octanol–water partition coefficient (Wildman–Crippen LogP) is 3.23. The summed E-state index contributed by atoms with van der Waals surface area (Å²) in [5.74, 6) is -0.769. The maximum absolute atomic E-state index is 13.8. The molecule has 4 amide bonds. The van der Waals surface area contributed by atoms with Gasteiger partial charge >= 0.3 is 0 Å². The van der Waals surface area contributed by atoms with Crippen LogP contribution in [0.4, 0.5) is 0 Å². The molecule has 0 fully saturated rings. The van der Waals surface area contributed by atoms with E-state index in [4.69, 9.17) is 4.74 Å². The fourth-order valence-corrected chi connectivity index (χ4v) is 5.20. The van der Waals surface area contributed by atoms with Crippen molar-refractivity contribution in [2.45, 2.75) is 57.7 Å². The lowest BCUT2D eigenvalue weighted by molar-refractivity contribution is -0.136. The Morgan fingerprint density at radius 3 is 2.29 bits per heavy atom. The summed E-state index contributed by atoms with van der Waals surface area (Å²) >= 11 is 0. The van der Waals surface area contributed by atoms with E-state index < -0.39 is 35.8 Å². The Labute approximate surface area is 264 Å². The van der Waals surface area contributed by atoms with Gasteiger partial charge in [0.1, 0.15) is 29.6 Å². The van der Waals surface area contributed by atoms with Gasteiger partial charge in [-0.15, -0.1) is 0 Å². The van der Waals surface area contributed by atoms with Gasteiger partial charge in [0.05, 0.1) is 0 Å². The summed E-state index contributed by atoms with van der Waals surface area (Å²) in [6, 6.07) is 20.3. The third-order valence-electron chi connectivity index (χ3n) is 7.58. The van der Waals surface area contributed by atoms with E-state index in [1.807, 2.05) is 56.3 Å². The fourth-order valence-electron chi connectivity index (χ4n) is 5.20. The van der Waals surface area contributed by atoms with Gasteiger partial charge < -0.3 is 30.7 Å². The normalized spacial score (nSPS) is 19.0. The van der Waals surface area contributed by atoms with Gasteiger partial charge in [-0.3, -0.25) is 19.2 Å². The van der Waals surface area contributed by atoms with Crippen molar-refractivity contribution in [3.8, 4) is 11.5 Å². The number of fused-ring (bicyclic) bond motifs is 11. The number of rotatable bonds is 8. The van der Waals surface area contributed by atoms with Gasteiger partial charge in [-0.1, -0.05) is 62.4 Å². The van der Waals surface area contributed by atoms with Gasteiger partial charge in [0.25, 0.3) is 5.91 Å². The summed E-state index contributed by atoms with van der Waals surface area (Å²) < 4.78 is 6.01. The number of ether oxygens (including phenoxy) is 1. The zero-order valence-electron chi connectivity index (χ0n) is 26.0. The van der Waals surface area contributed by atoms with Crippen LogP contribution in [0.2, 0.25) is 0 Å². The molecule has 0 unspecified atom stereocenters. The molecule has 0 saturated heterocycles. The molecule has 0 aliphatic carbocycles. The number of hydrogen-bond acceptors (Lipinski definition) is 6. The van der Waals surface area contributed by atoms with Crippen LogP contribution in [0.15, 0.2) is 78.9 Å². The zero-order valence-corrected chi connectivity index (χ0v) is 26.0. The number of aliphatic hydroxyl groups excluding tert-OH is 1. The molecule has 4 N–H and O–H groups in total. The number of likely N-dealkylation sites (N-methyl/N-ethyl adjacent to an activating group) is 1. The Morgan fingerprint density at radius 1 is 0.889 bits per heavy atom. The lowest BCUT2D eigenvalue weighted by Gasteiger charge is -2.28. The highest BCUT2D eigenvalue weighted by atomic mass is 16.5. The van der Waals surface area contributed by atoms with Gasteiger partial charge in [-0.2, -0.15) is 0 Å². The van der Waals surface area contributed by atoms with E-state index in [1.54, 1.807) is 43.4 Å². The molecule has 3 aromatic carbocycles. The Bertz CT molecular complexity index is 1460. The lowest BCUT2D eigenvalue weighted by Crippen LogP contribution is -2.58. The van der Waals surface area contributed by atoms with Crippen LogP contribution in [0.25, 0.3) is 0 Å². The van der Waals surface area contributed by atoms with Crippen molar-refractivity contribution in [3.05, 3.63) is 95.6 Å². The summed E-state index contributed by atoms with van der Waals surface area (Å²) in [5, 5.41) is 17.9. The van der Waals surface area contributed by atoms with Crippen molar-refractivity contribution in [2.24, 2.45) is 5.92 Å². The van der Waals surface area contributed by atoms with Crippen molar-refractivity contribution in [1.29, 1.82) is 0 Å². The molecule has 4 bridgehead atoms. The second kappa shape index (κ2) is 15.9. The maximum atomic E-state index is 13.8. The van der Waals surface area contributed by atoms with Crippen LogP contribution in [0, 0.1) is 5.92 Å². The monoisotopic (exact) mass is 614 g/mol. The highest BCUT2D eigenvalue weighted by Crippen LogP contribution is 2.24. The fraction of sp³-hybridized carbons (Fsp3) is 0.371. The molecule has 10 heteroatoms. The second-order valence-electron chi connectivity index (χ2n) is 11.8. The number of amides is 4. The molecule has 0 spiro atoms. The van der Waals surface area contributed by atoms with Crippen LogP contribution in [0.3, 0.4) is 0 Å². The number of carbonyl (C=O) groups is 4. The van der Waals surface area contributed by atoms with E-state index >= 15 is 0 Å². The van der Waals surface area contributed by atoms with Crippen molar-refractivity contribution in [1.82, 2.24) is 20.9 Å². The number of hydrogen-bond donors (Lipinski definition) is 4. The standard InChI is InChI=1S/C35H42N4O6/c1-23(2)19-29-33(42)38-31(35(44)39(3)17-8-18-40)21-25-13-15-27(16-14-25)45-28-12-7-11-26(22-28)32(41)36-30(34(43)37-29)20-24-9-5-4-6-10-24/h4-7,9-16,22-23,29-31,40H,8,17-21H2,1-3H3,(H,36,41)(H,37,43)(H,38,42)/t29-,30+,31-/m0/s1. The van der Waals surface area contributed by atoms with Crippen molar-refractivity contribution in [2.75, 3.05) is 20.2 Å². The summed E-state index contributed by atoms with van der Waals surface area (Å²) in [7, 11) is 1.63. The van der Waals surface area contributed by atoms with Crippen LogP contribution in [-0.4, -0.2) is 72.0 Å². The average Bonchev–Trinajstić information content (AvgIpc) is 3.03. The molecule has 0 aromatic heterocycles. The molecule has 0 saturated carbocycles. The molecule has 2 heterocycles. The van der Waals surface area contributed by atoms with Gasteiger partial charge in [-0.05, 0) is 60.2 Å². The van der Waals surface area contributed by atoms with E-state index in [0.29, 0.717) is 36.4 Å². The highest BCUT2D eigenvalue weighted by Gasteiger charge is 2.31. The quantitative estimate of drug-likeness (QED) is 0.288.